The molecule has 22 heteroatoms. The summed E-state index contributed by atoms with van der Waals surface area (Å²) in [6, 6.07) is 14.9. The van der Waals surface area contributed by atoms with E-state index < -0.39 is 79.4 Å². The van der Waals surface area contributed by atoms with Crippen LogP contribution in [0.4, 0.5) is 11.4 Å². The van der Waals surface area contributed by atoms with Crippen LogP contribution < -0.4 is 37.2 Å². The van der Waals surface area contributed by atoms with E-state index in [9.17, 15) is 44.1 Å². The second-order valence-electron chi connectivity index (χ2n) is 20.8. The Balaban J connectivity index is 0.877. The molecule has 0 aliphatic carbocycles. The molecule has 3 aromatic rings. The van der Waals surface area contributed by atoms with Gasteiger partial charge >= 0.3 is 0 Å². The number of nitrogens with one attached hydrogen (secondary N) is 5. The number of carbonyl (C=O) groups excluding carboxylic acids is 6. The maximum absolute atomic E-state index is 13.0. The molecule has 1 aromatic heterocycles. The number of anilines is 1. The quantitative estimate of drug-likeness (QED) is 0.0368. The number of aliphatic hydroxyl groups is 3. The molecular formula is C55H78N11O11+. The molecule has 0 bridgehead atoms. The minimum Gasteiger partial charge on any atom is -0.394 e. The molecule has 6 rings (SSSR count). The Morgan fingerprint density at radius 3 is 2.29 bits per heavy atom. The highest BCUT2D eigenvalue weighted by Gasteiger charge is 2.46. The predicted molar refractivity (Wildman–Crippen MR) is 286 cm³/mol. The van der Waals surface area contributed by atoms with Crippen molar-refractivity contribution in [3.05, 3.63) is 95.5 Å². The average molecular weight is 1070 g/mol. The number of unbranched alkanes of at least 4 members (excludes halogenated alkanes) is 3. The molecule has 22 nitrogen and oxygen atoms in total. The number of aliphatic hydroxyl groups excluding tert-OH is 3. The number of rotatable bonds is 28. The number of benzene rings is 2. The standard InChI is InChI=1S/C55H77N11O11/c1-35(68)60-49-51(74)50(73)42(34-67)77-53(49)76-30-29-65-33-36(62-63-65)31-58-47(71)26-25-39(52(75)59-32-45(56)69)61-48(72)24-8-7-14-27-57-46(70)23-13-15-28-66-41-20-12-10-18-38(41)55(4,5)44(66)22-16-21-43-54(2,3)37-17-9-11-19-40(37)64(43)6/h9-12,16-22,33,39,42,49-51,53,67,73-74H,7-8,13-15,23-32,34H2,1-6H3,(H6-,56,57,58,59,60,61,68,69,70,71,72,75)/p+1/t39?,42-,49-,50-,51-,53-/m1/s1. The van der Waals surface area contributed by atoms with Crippen molar-refractivity contribution >= 4 is 52.5 Å². The Kier molecular flexibility index (Phi) is 21.2. The van der Waals surface area contributed by atoms with Crippen LogP contribution in [0.1, 0.15) is 109 Å². The third-order valence-corrected chi connectivity index (χ3v) is 14.3. The van der Waals surface area contributed by atoms with Gasteiger partial charge in [0.2, 0.25) is 41.1 Å². The fourth-order valence-electron chi connectivity index (χ4n) is 10.2. The van der Waals surface area contributed by atoms with Crippen LogP contribution in [0.3, 0.4) is 0 Å². The Morgan fingerprint density at radius 2 is 1.56 bits per heavy atom. The van der Waals surface area contributed by atoms with E-state index in [0.29, 0.717) is 37.9 Å². The van der Waals surface area contributed by atoms with E-state index >= 15 is 0 Å². The van der Waals surface area contributed by atoms with Gasteiger partial charge in [-0.3, -0.25) is 28.8 Å². The molecule has 0 spiro atoms. The van der Waals surface area contributed by atoms with Gasteiger partial charge in [0.25, 0.3) is 0 Å². The Morgan fingerprint density at radius 1 is 0.857 bits per heavy atom. The largest absolute Gasteiger partial charge is 0.394 e. The number of fused-ring (bicyclic) bond motifs is 2. The van der Waals surface area contributed by atoms with E-state index in [1.165, 1.54) is 45.5 Å². The summed E-state index contributed by atoms with van der Waals surface area (Å²) < 4.78 is 15.0. The van der Waals surface area contributed by atoms with Crippen molar-refractivity contribution in [2.75, 3.05) is 44.8 Å². The molecule has 1 unspecified atom stereocenters. The second-order valence-corrected chi connectivity index (χ2v) is 20.8. The molecule has 10 N–H and O–H groups in total. The summed E-state index contributed by atoms with van der Waals surface area (Å²) in [5.41, 5.74) is 12.7. The maximum Gasteiger partial charge on any atom is 0.243 e. The van der Waals surface area contributed by atoms with Crippen LogP contribution >= 0.6 is 0 Å². The van der Waals surface area contributed by atoms with Crippen molar-refractivity contribution in [2.45, 2.75) is 153 Å². The fourth-order valence-corrected chi connectivity index (χ4v) is 10.2. The summed E-state index contributed by atoms with van der Waals surface area (Å²) in [4.78, 5) is 77.1. The van der Waals surface area contributed by atoms with Gasteiger partial charge < -0.3 is 62.0 Å². The number of primary amides is 1. The van der Waals surface area contributed by atoms with Crippen molar-refractivity contribution in [1.82, 2.24) is 41.6 Å². The average Bonchev–Trinajstić information content (AvgIpc) is 4.07. The highest BCUT2D eigenvalue weighted by atomic mass is 16.7. The van der Waals surface area contributed by atoms with Gasteiger partial charge in [-0.1, -0.05) is 68.0 Å². The van der Waals surface area contributed by atoms with Gasteiger partial charge in [-0.15, -0.1) is 5.10 Å². The lowest BCUT2D eigenvalue weighted by molar-refractivity contribution is -0.401. The number of amides is 6. The zero-order chi connectivity index (χ0) is 55.9. The number of nitrogens with zero attached hydrogens (tertiary/aromatic N) is 5. The Labute approximate surface area is 449 Å². The number of nitrogens with two attached hydrogens (primary N) is 1. The number of carbonyl (C=O) groups is 6. The van der Waals surface area contributed by atoms with Crippen LogP contribution in [0.25, 0.3) is 0 Å². The highest BCUT2D eigenvalue weighted by molar-refractivity contribution is 6.03. The SMILES string of the molecule is CC(=O)N[C@H]1[C@H](OCCn2cc(CNC(=O)CCC(NC(=O)CCCCCNC(=O)CCCCN3/C(=C\C=C\C4=[N+](C)c5ccccc5C4(C)C)C(C)(C)c4ccccc43)C(=O)NCC(N)=O)nn2)O[C@H](CO)[C@@H](O)[C@@H]1O. The first kappa shape index (κ1) is 59.4. The number of hydrogen-bond donors (Lipinski definition) is 9. The van der Waals surface area contributed by atoms with E-state index in [-0.39, 0.29) is 55.7 Å². The van der Waals surface area contributed by atoms with Crippen LogP contribution in [-0.4, -0.2) is 153 Å². The number of aromatic nitrogens is 3. The summed E-state index contributed by atoms with van der Waals surface area (Å²) >= 11 is 0. The molecule has 1 fully saturated rings. The molecule has 0 radical (unpaired) electrons. The van der Waals surface area contributed by atoms with Crippen molar-refractivity contribution in [3.8, 4) is 0 Å². The van der Waals surface area contributed by atoms with Crippen LogP contribution in [0.15, 0.2) is 78.7 Å². The second kappa shape index (κ2) is 27.5. The van der Waals surface area contributed by atoms with E-state index in [1.54, 1.807) is 6.20 Å². The molecule has 2 aromatic carbocycles. The first-order valence-electron chi connectivity index (χ1n) is 26.5. The smallest absolute Gasteiger partial charge is 0.243 e. The first-order chi connectivity index (χ1) is 36.7. The lowest BCUT2D eigenvalue weighted by Gasteiger charge is -2.42. The molecule has 6 atom stereocenters. The lowest BCUT2D eigenvalue weighted by Crippen LogP contribution is -2.64. The highest BCUT2D eigenvalue weighted by Crippen LogP contribution is 2.48. The third-order valence-electron chi connectivity index (χ3n) is 14.3. The molecule has 0 saturated carbocycles. The van der Waals surface area contributed by atoms with Crippen LogP contribution in [0.2, 0.25) is 0 Å². The predicted octanol–water partition coefficient (Wildman–Crippen LogP) is 1.51. The minimum atomic E-state index is -1.46. The zero-order valence-corrected chi connectivity index (χ0v) is 45.1. The van der Waals surface area contributed by atoms with E-state index in [0.717, 1.165) is 19.4 Å². The fraction of sp³-hybridized carbons (Fsp3) is 0.545. The number of allylic oxidation sites excluding steroid dienone is 4. The molecule has 1 saturated heterocycles. The van der Waals surface area contributed by atoms with Gasteiger partial charge in [0.1, 0.15) is 43.1 Å². The number of ether oxygens (including phenoxy) is 2. The van der Waals surface area contributed by atoms with Gasteiger partial charge in [-0.05, 0) is 63.7 Å². The van der Waals surface area contributed by atoms with Gasteiger partial charge in [-0.2, -0.15) is 4.58 Å². The summed E-state index contributed by atoms with van der Waals surface area (Å²) in [6.07, 6.45) is 6.58. The van der Waals surface area contributed by atoms with Crippen LogP contribution in [0.5, 0.6) is 0 Å². The van der Waals surface area contributed by atoms with Crippen LogP contribution in [0, 0.1) is 0 Å². The summed E-state index contributed by atoms with van der Waals surface area (Å²) in [5.74, 6) is -2.81. The number of para-hydroxylation sites is 2. The van der Waals surface area contributed by atoms with Crippen molar-refractivity contribution in [1.29, 1.82) is 0 Å². The van der Waals surface area contributed by atoms with Crippen molar-refractivity contribution in [3.63, 3.8) is 0 Å². The zero-order valence-electron chi connectivity index (χ0n) is 45.1. The summed E-state index contributed by atoms with van der Waals surface area (Å²) in [6.45, 7) is 10.6. The van der Waals surface area contributed by atoms with E-state index in [4.69, 9.17) is 15.2 Å². The maximum atomic E-state index is 13.0. The molecule has 4 heterocycles. The molecule has 77 heavy (non-hydrogen) atoms. The topological polar surface area (TPSA) is 305 Å². The normalized spacial score (nSPS) is 21.1. The molecule has 3 aliphatic rings. The Hall–Kier alpha value is -6.85. The van der Waals surface area contributed by atoms with Crippen LogP contribution in [-0.2, 0) is 62.2 Å². The number of hydrogen-bond acceptors (Lipinski definition) is 14. The Bertz CT molecular complexity index is 2660. The van der Waals surface area contributed by atoms with Gasteiger partial charge in [0.15, 0.2) is 12.0 Å². The molecular weight excluding hydrogens is 991 g/mol. The monoisotopic (exact) mass is 1070 g/mol. The summed E-state index contributed by atoms with van der Waals surface area (Å²) in [7, 11) is 2.12. The molecule has 3 aliphatic heterocycles. The van der Waals surface area contributed by atoms with E-state index in [1.807, 2.05) is 0 Å². The van der Waals surface area contributed by atoms with Gasteiger partial charge in [-0.25, -0.2) is 4.68 Å². The van der Waals surface area contributed by atoms with E-state index in [2.05, 4.69) is 148 Å². The van der Waals surface area contributed by atoms with Gasteiger partial charge in [0.05, 0.1) is 44.5 Å². The minimum absolute atomic E-state index is 0.0124. The van der Waals surface area contributed by atoms with Crippen molar-refractivity contribution < 1.29 is 58.1 Å². The van der Waals surface area contributed by atoms with Gasteiger partial charge in [0, 0.05) is 73.8 Å². The first-order valence-corrected chi connectivity index (χ1v) is 26.5. The third kappa shape index (κ3) is 15.7. The molecule has 418 valence electrons. The van der Waals surface area contributed by atoms with Crippen molar-refractivity contribution in [2.24, 2.45) is 5.73 Å². The summed E-state index contributed by atoms with van der Waals surface area (Å²) in [5, 5.41) is 51.5. The molecule has 6 amide bonds. The lowest BCUT2D eigenvalue weighted by atomic mass is 9.81.